The summed E-state index contributed by atoms with van der Waals surface area (Å²) in [6, 6.07) is 0. The first kappa shape index (κ1) is 16.2. The third-order valence-electron chi connectivity index (χ3n) is 3.60. The highest BCUT2D eigenvalue weighted by Crippen LogP contribution is 2.35. The predicted molar refractivity (Wildman–Crippen MR) is 73.5 cm³/mol. The first-order valence-electron chi connectivity index (χ1n) is 7.13. The van der Waals surface area contributed by atoms with Crippen LogP contribution in [-0.2, 0) is 9.53 Å². The molecule has 4 heteroatoms. The Morgan fingerprint density at radius 3 is 2.53 bits per heavy atom. The van der Waals surface area contributed by atoms with E-state index in [1.165, 1.54) is 0 Å². The minimum absolute atomic E-state index is 0.153. The Morgan fingerprint density at radius 1 is 1.37 bits per heavy atom. The molecular weight excluding hydrogens is 244 g/mol. The minimum Gasteiger partial charge on any atom is -0.463 e. The molecule has 19 heavy (non-hydrogen) atoms. The molecule has 0 radical (unpaired) electrons. The number of aliphatic hydroxyl groups excluding tert-OH is 2. The van der Waals surface area contributed by atoms with Gasteiger partial charge < -0.3 is 14.9 Å². The number of allylic oxidation sites excluding steroid dienone is 2. The Hall–Kier alpha value is -0.870. The van der Waals surface area contributed by atoms with Crippen molar-refractivity contribution < 1.29 is 19.7 Å². The van der Waals surface area contributed by atoms with Crippen molar-refractivity contribution in [1.29, 1.82) is 0 Å². The average molecular weight is 270 g/mol. The molecule has 0 amide bonds. The molecule has 110 valence electrons. The van der Waals surface area contributed by atoms with E-state index in [1.54, 1.807) is 0 Å². The van der Waals surface area contributed by atoms with Crippen LogP contribution in [0.1, 0.15) is 46.5 Å². The quantitative estimate of drug-likeness (QED) is 0.572. The SMILES string of the molecule is CC=CCCC(C(=O)OC(C)C)C1CC(O)CC1O. The number of carbonyl (C=O) groups excluding carboxylic acids is 1. The van der Waals surface area contributed by atoms with E-state index in [2.05, 4.69) is 0 Å². The van der Waals surface area contributed by atoms with Crippen LogP contribution in [0.2, 0.25) is 0 Å². The zero-order chi connectivity index (χ0) is 14.4. The predicted octanol–water partition coefficient (Wildman–Crippen LogP) is 2.04. The minimum atomic E-state index is -0.606. The normalized spacial score (nSPS) is 29.1. The Morgan fingerprint density at radius 2 is 2.05 bits per heavy atom. The molecule has 0 aromatic rings. The van der Waals surface area contributed by atoms with Gasteiger partial charge in [-0.05, 0) is 46.5 Å². The van der Waals surface area contributed by atoms with Crippen LogP contribution in [0.15, 0.2) is 12.2 Å². The van der Waals surface area contributed by atoms with Gasteiger partial charge in [-0.25, -0.2) is 0 Å². The fourth-order valence-corrected chi connectivity index (χ4v) is 2.72. The molecule has 4 atom stereocenters. The van der Waals surface area contributed by atoms with Crippen LogP contribution in [0.4, 0.5) is 0 Å². The van der Waals surface area contributed by atoms with Gasteiger partial charge in [-0.3, -0.25) is 4.79 Å². The van der Waals surface area contributed by atoms with Gasteiger partial charge in [-0.1, -0.05) is 12.2 Å². The molecule has 1 aliphatic rings. The van der Waals surface area contributed by atoms with Crippen molar-refractivity contribution in [3.05, 3.63) is 12.2 Å². The van der Waals surface area contributed by atoms with E-state index in [9.17, 15) is 15.0 Å². The highest BCUT2D eigenvalue weighted by molar-refractivity contribution is 5.73. The van der Waals surface area contributed by atoms with E-state index in [4.69, 9.17) is 4.74 Å². The second-order valence-electron chi connectivity index (χ2n) is 5.59. The lowest BCUT2D eigenvalue weighted by molar-refractivity contribution is -0.156. The number of rotatable bonds is 6. The lowest BCUT2D eigenvalue weighted by Gasteiger charge is -2.25. The molecule has 4 unspecified atom stereocenters. The summed E-state index contributed by atoms with van der Waals surface area (Å²) in [7, 11) is 0. The highest BCUT2D eigenvalue weighted by Gasteiger charge is 2.40. The van der Waals surface area contributed by atoms with Crippen LogP contribution in [0.5, 0.6) is 0 Å². The maximum atomic E-state index is 12.1. The van der Waals surface area contributed by atoms with Gasteiger partial charge in [-0.2, -0.15) is 0 Å². The van der Waals surface area contributed by atoms with Gasteiger partial charge in [0.05, 0.1) is 24.2 Å². The van der Waals surface area contributed by atoms with Gasteiger partial charge in [0.15, 0.2) is 0 Å². The van der Waals surface area contributed by atoms with Gasteiger partial charge in [-0.15, -0.1) is 0 Å². The second-order valence-corrected chi connectivity index (χ2v) is 5.59. The number of ether oxygens (including phenoxy) is 1. The Bertz CT molecular complexity index is 311. The van der Waals surface area contributed by atoms with E-state index in [1.807, 2.05) is 32.9 Å². The molecule has 0 saturated heterocycles. The van der Waals surface area contributed by atoms with E-state index >= 15 is 0 Å². The fraction of sp³-hybridized carbons (Fsp3) is 0.800. The number of esters is 1. The first-order chi connectivity index (χ1) is 8.95. The molecule has 1 aliphatic carbocycles. The molecule has 1 rings (SSSR count). The number of carbonyl (C=O) groups is 1. The summed E-state index contributed by atoms with van der Waals surface area (Å²) in [6.07, 6.45) is 4.98. The van der Waals surface area contributed by atoms with Crippen LogP contribution in [0.3, 0.4) is 0 Å². The molecule has 0 heterocycles. The van der Waals surface area contributed by atoms with Crippen LogP contribution >= 0.6 is 0 Å². The van der Waals surface area contributed by atoms with Gasteiger partial charge in [0.2, 0.25) is 0 Å². The lowest BCUT2D eigenvalue weighted by Crippen LogP contribution is -2.32. The van der Waals surface area contributed by atoms with E-state index < -0.39 is 12.2 Å². The summed E-state index contributed by atoms with van der Waals surface area (Å²) in [6.45, 7) is 5.58. The van der Waals surface area contributed by atoms with Crippen LogP contribution in [-0.4, -0.2) is 34.5 Å². The Labute approximate surface area is 115 Å². The molecule has 1 saturated carbocycles. The smallest absolute Gasteiger partial charge is 0.309 e. The van der Waals surface area contributed by atoms with Crippen molar-refractivity contribution in [2.75, 3.05) is 0 Å². The van der Waals surface area contributed by atoms with Crippen molar-refractivity contribution >= 4 is 5.97 Å². The summed E-state index contributed by atoms with van der Waals surface area (Å²) >= 11 is 0. The number of hydrogen-bond donors (Lipinski definition) is 2. The monoisotopic (exact) mass is 270 g/mol. The molecule has 2 N–H and O–H groups in total. The summed E-state index contributed by atoms with van der Waals surface area (Å²) < 4.78 is 5.28. The summed E-state index contributed by atoms with van der Waals surface area (Å²) in [5.74, 6) is -0.769. The first-order valence-corrected chi connectivity index (χ1v) is 7.13. The zero-order valence-corrected chi connectivity index (χ0v) is 12.1. The topological polar surface area (TPSA) is 66.8 Å². The van der Waals surface area contributed by atoms with E-state index in [0.717, 1.165) is 6.42 Å². The third kappa shape index (κ3) is 4.96. The fourth-order valence-electron chi connectivity index (χ4n) is 2.72. The molecule has 1 fully saturated rings. The maximum Gasteiger partial charge on any atom is 0.309 e. The number of aliphatic hydroxyl groups is 2. The van der Waals surface area contributed by atoms with Crippen molar-refractivity contribution in [3.63, 3.8) is 0 Å². The largest absolute Gasteiger partial charge is 0.463 e. The molecule has 0 aromatic carbocycles. The summed E-state index contributed by atoms with van der Waals surface area (Å²) in [5, 5.41) is 19.6. The molecule has 4 nitrogen and oxygen atoms in total. The molecule has 0 aliphatic heterocycles. The zero-order valence-electron chi connectivity index (χ0n) is 12.1. The molecule has 0 spiro atoms. The van der Waals surface area contributed by atoms with Crippen LogP contribution < -0.4 is 0 Å². The second kappa shape index (κ2) is 7.65. The lowest BCUT2D eigenvalue weighted by atomic mass is 9.85. The Kier molecular flexibility index (Phi) is 6.52. The van der Waals surface area contributed by atoms with Crippen LogP contribution in [0.25, 0.3) is 0 Å². The van der Waals surface area contributed by atoms with Gasteiger partial charge >= 0.3 is 5.97 Å². The molecule has 0 bridgehead atoms. The maximum absolute atomic E-state index is 12.1. The van der Waals surface area contributed by atoms with Crippen molar-refractivity contribution in [1.82, 2.24) is 0 Å². The molecule has 0 aromatic heterocycles. The van der Waals surface area contributed by atoms with E-state index in [-0.39, 0.29) is 23.9 Å². The van der Waals surface area contributed by atoms with Crippen molar-refractivity contribution in [2.24, 2.45) is 11.8 Å². The highest BCUT2D eigenvalue weighted by atomic mass is 16.5. The summed E-state index contributed by atoms with van der Waals surface area (Å²) in [4.78, 5) is 12.1. The standard InChI is InChI=1S/C15H26O4/c1-4-5-6-7-12(15(18)19-10(2)3)13-8-11(16)9-14(13)17/h4-5,10-14,16-17H,6-9H2,1-3H3. The van der Waals surface area contributed by atoms with Gasteiger partial charge in [0.25, 0.3) is 0 Å². The van der Waals surface area contributed by atoms with Crippen molar-refractivity contribution in [3.8, 4) is 0 Å². The van der Waals surface area contributed by atoms with E-state index in [0.29, 0.717) is 19.3 Å². The Balaban J connectivity index is 2.70. The van der Waals surface area contributed by atoms with Crippen molar-refractivity contribution in [2.45, 2.75) is 64.8 Å². The third-order valence-corrected chi connectivity index (χ3v) is 3.60. The number of hydrogen-bond acceptors (Lipinski definition) is 4. The van der Waals surface area contributed by atoms with Crippen LogP contribution in [0, 0.1) is 11.8 Å². The average Bonchev–Trinajstić information content (AvgIpc) is 2.63. The molecular formula is C15H26O4. The van der Waals surface area contributed by atoms with Gasteiger partial charge in [0, 0.05) is 5.92 Å². The summed E-state index contributed by atoms with van der Waals surface area (Å²) in [5.41, 5.74) is 0. The van der Waals surface area contributed by atoms with Gasteiger partial charge in [0.1, 0.15) is 0 Å².